The maximum Gasteiger partial charge on any atom is 0.0472 e. The van der Waals surface area contributed by atoms with Gasteiger partial charge in [-0.25, -0.2) is 0 Å². The van der Waals surface area contributed by atoms with Crippen molar-refractivity contribution in [1.29, 1.82) is 0 Å². The van der Waals surface area contributed by atoms with Crippen LogP contribution in [0.5, 0.6) is 0 Å². The van der Waals surface area contributed by atoms with Crippen LogP contribution in [0.4, 0.5) is 0 Å². The van der Waals surface area contributed by atoms with Gasteiger partial charge in [-0.05, 0) is 36.8 Å². The molecule has 1 saturated carbocycles. The number of fused-ring (bicyclic) bond motifs is 1. The maximum atomic E-state index is 6.00. The third-order valence-corrected chi connectivity index (χ3v) is 5.84. The first-order valence-electron chi connectivity index (χ1n) is 6.74. The van der Waals surface area contributed by atoms with Crippen molar-refractivity contribution in [2.24, 2.45) is 0 Å². The van der Waals surface area contributed by atoms with Crippen molar-refractivity contribution < 1.29 is 0 Å². The molecule has 4 heteroatoms. The number of hydrogen-bond acceptors (Lipinski definition) is 2. The number of thioether (sulfide) groups is 1. The van der Waals surface area contributed by atoms with E-state index in [-0.39, 0.29) is 0 Å². The summed E-state index contributed by atoms with van der Waals surface area (Å²) in [6.07, 6.45) is 8.40. The minimum absolute atomic E-state index is 0.495. The van der Waals surface area contributed by atoms with Crippen molar-refractivity contribution in [2.75, 3.05) is 12.8 Å². The summed E-state index contributed by atoms with van der Waals surface area (Å²) in [4.78, 5) is 3.29. The number of aromatic amines is 1. The highest BCUT2D eigenvalue weighted by Crippen LogP contribution is 2.42. The summed E-state index contributed by atoms with van der Waals surface area (Å²) < 4.78 is 0.495. The molecule has 0 aliphatic heterocycles. The Bertz CT molecular complexity index is 569. The van der Waals surface area contributed by atoms with Gasteiger partial charge in [-0.2, -0.15) is 11.8 Å². The molecule has 102 valence electrons. The minimum atomic E-state index is 0.495. The van der Waals surface area contributed by atoms with Crippen LogP contribution in [0, 0.1) is 0 Å². The van der Waals surface area contributed by atoms with Crippen LogP contribution >= 0.6 is 23.4 Å². The number of benzene rings is 1. The van der Waals surface area contributed by atoms with E-state index in [4.69, 9.17) is 11.6 Å². The Balaban J connectivity index is 1.65. The van der Waals surface area contributed by atoms with Crippen LogP contribution in [-0.2, 0) is 6.54 Å². The van der Waals surface area contributed by atoms with E-state index < -0.39 is 0 Å². The lowest BCUT2D eigenvalue weighted by molar-refractivity contribution is 0.345. The largest absolute Gasteiger partial charge is 0.361 e. The maximum absolute atomic E-state index is 6.00. The molecule has 2 N–H and O–H groups in total. The van der Waals surface area contributed by atoms with Gasteiger partial charge in [0.15, 0.2) is 0 Å². The zero-order chi connectivity index (χ0) is 13.3. The van der Waals surface area contributed by atoms with Gasteiger partial charge in [0.1, 0.15) is 0 Å². The van der Waals surface area contributed by atoms with E-state index in [1.807, 2.05) is 23.9 Å². The second-order valence-electron chi connectivity index (χ2n) is 5.35. The number of halogens is 1. The summed E-state index contributed by atoms with van der Waals surface area (Å²) in [5.41, 5.74) is 2.44. The molecule has 0 amide bonds. The lowest BCUT2D eigenvalue weighted by Crippen LogP contribution is -2.43. The highest BCUT2D eigenvalue weighted by molar-refractivity contribution is 8.00. The molecule has 3 rings (SSSR count). The first kappa shape index (κ1) is 13.3. The van der Waals surface area contributed by atoms with Gasteiger partial charge in [-0.15, -0.1) is 0 Å². The van der Waals surface area contributed by atoms with Gasteiger partial charge in [0.2, 0.25) is 0 Å². The van der Waals surface area contributed by atoms with Gasteiger partial charge < -0.3 is 10.3 Å². The fourth-order valence-electron chi connectivity index (χ4n) is 2.75. The van der Waals surface area contributed by atoms with Crippen molar-refractivity contribution in [1.82, 2.24) is 10.3 Å². The number of H-pyrrole nitrogens is 1. The van der Waals surface area contributed by atoms with Gasteiger partial charge in [0.05, 0.1) is 0 Å². The standard InChI is InChI=1S/C15H19ClN2S/c1-19-15(5-2-6-15)10-17-8-11-9-18-14-7-12(16)3-4-13(11)14/h3-4,7,9,17-18H,2,5-6,8,10H2,1H3. The highest BCUT2D eigenvalue weighted by atomic mass is 35.5. The van der Waals surface area contributed by atoms with Crippen LogP contribution < -0.4 is 5.32 Å². The lowest BCUT2D eigenvalue weighted by atomic mass is 9.84. The van der Waals surface area contributed by atoms with Gasteiger partial charge in [-0.1, -0.05) is 24.1 Å². The summed E-state index contributed by atoms with van der Waals surface area (Å²) in [6, 6.07) is 6.03. The highest BCUT2D eigenvalue weighted by Gasteiger charge is 2.35. The predicted octanol–water partition coefficient (Wildman–Crippen LogP) is 4.20. The molecule has 2 nitrogen and oxygen atoms in total. The first-order chi connectivity index (χ1) is 9.22. The molecule has 0 unspecified atom stereocenters. The van der Waals surface area contributed by atoms with Gasteiger partial charge in [0.25, 0.3) is 0 Å². The number of nitrogens with one attached hydrogen (secondary N) is 2. The summed E-state index contributed by atoms with van der Waals surface area (Å²) >= 11 is 8.01. The predicted molar refractivity (Wildman–Crippen MR) is 85.1 cm³/mol. The third-order valence-electron chi connectivity index (χ3n) is 4.19. The quantitative estimate of drug-likeness (QED) is 0.865. The van der Waals surface area contributed by atoms with Crippen LogP contribution in [0.3, 0.4) is 0 Å². The topological polar surface area (TPSA) is 27.8 Å². The molecule has 0 bridgehead atoms. The van der Waals surface area contributed by atoms with Crippen molar-refractivity contribution in [3.8, 4) is 0 Å². The molecule has 1 fully saturated rings. The summed E-state index contributed by atoms with van der Waals surface area (Å²) in [6.45, 7) is 2.03. The zero-order valence-corrected chi connectivity index (χ0v) is 12.7. The van der Waals surface area contributed by atoms with Crippen LogP contribution in [0.25, 0.3) is 10.9 Å². The molecule has 1 aliphatic rings. The van der Waals surface area contributed by atoms with Crippen molar-refractivity contribution in [3.05, 3.63) is 35.0 Å². The second kappa shape index (κ2) is 5.39. The molecule has 1 aromatic carbocycles. The Kier molecular flexibility index (Phi) is 3.79. The van der Waals surface area contributed by atoms with Crippen LogP contribution in [0.1, 0.15) is 24.8 Å². The molecule has 0 atom stereocenters. The van der Waals surface area contributed by atoms with E-state index in [1.165, 1.54) is 30.2 Å². The summed E-state index contributed by atoms with van der Waals surface area (Å²) in [5, 5.41) is 5.66. The Morgan fingerprint density at radius 2 is 2.26 bits per heavy atom. The number of rotatable bonds is 5. The molecular weight excluding hydrogens is 276 g/mol. The van der Waals surface area contributed by atoms with Gasteiger partial charge in [0, 0.05) is 40.0 Å². The smallest absolute Gasteiger partial charge is 0.0472 e. The first-order valence-corrected chi connectivity index (χ1v) is 8.34. The van der Waals surface area contributed by atoms with E-state index in [9.17, 15) is 0 Å². The van der Waals surface area contributed by atoms with E-state index in [0.29, 0.717) is 4.75 Å². The Morgan fingerprint density at radius 1 is 1.42 bits per heavy atom. The van der Waals surface area contributed by atoms with Crippen molar-refractivity contribution >= 4 is 34.3 Å². The normalized spacial score (nSPS) is 17.6. The molecule has 2 aromatic rings. The molecule has 0 radical (unpaired) electrons. The summed E-state index contributed by atoms with van der Waals surface area (Å²) in [5.74, 6) is 0. The molecule has 0 spiro atoms. The molecule has 19 heavy (non-hydrogen) atoms. The van der Waals surface area contributed by atoms with E-state index in [1.54, 1.807) is 0 Å². The van der Waals surface area contributed by atoms with Crippen LogP contribution in [-0.4, -0.2) is 22.5 Å². The molecule has 0 saturated heterocycles. The lowest BCUT2D eigenvalue weighted by Gasteiger charge is -2.40. The monoisotopic (exact) mass is 294 g/mol. The molecule has 1 aliphatic carbocycles. The van der Waals surface area contributed by atoms with Gasteiger partial charge in [-0.3, -0.25) is 0 Å². The number of aromatic nitrogens is 1. The van der Waals surface area contributed by atoms with E-state index in [0.717, 1.165) is 23.6 Å². The fraction of sp³-hybridized carbons (Fsp3) is 0.467. The SMILES string of the molecule is CSC1(CNCc2c[nH]c3cc(Cl)ccc23)CCC1. The van der Waals surface area contributed by atoms with Crippen molar-refractivity contribution in [3.63, 3.8) is 0 Å². The van der Waals surface area contributed by atoms with Crippen molar-refractivity contribution in [2.45, 2.75) is 30.6 Å². The van der Waals surface area contributed by atoms with Crippen LogP contribution in [0.15, 0.2) is 24.4 Å². The average molecular weight is 295 g/mol. The van der Waals surface area contributed by atoms with Gasteiger partial charge >= 0.3 is 0 Å². The van der Waals surface area contributed by atoms with E-state index >= 15 is 0 Å². The third kappa shape index (κ3) is 2.64. The second-order valence-corrected chi connectivity index (χ2v) is 7.06. The summed E-state index contributed by atoms with van der Waals surface area (Å²) in [7, 11) is 0. The number of hydrogen-bond donors (Lipinski definition) is 2. The van der Waals surface area contributed by atoms with E-state index in [2.05, 4.69) is 28.8 Å². The fourth-order valence-corrected chi connectivity index (χ4v) is 3.87. The molecule has 1 aromatic heterocycles. The Hall–Kier alpha value is -0.640. The zero-order valence-electron chi connectivity index (χ0n) is 11.1. The average Bonchev–Trinajstić information content (AvgIpc) is 2.75. The minimum Gasteiger partial charge on any atom is -0.361 e. The Labute approximate surface area is 123 Å². The molecular formula is C15H19ClN2S. The van der Waals surface area contributed by atoms with Crippen LogP contribution in [0.2, 0.25) is 5.02 Å². The Morgan fingerprint density at radius 3 is 2.95 bits per heavy atom. The molecule has 1 heterocycles.